The number of aromatic nitrogens is 2. The van der Waals surface area contributed by atoms with Gasteiger partial charge in [0, 0.05) is 21.3 Å². The number of hydrogen-bond acceptors (Lipinski definition) is 5. The van der Waals surface area contributed by atoms with Crippen LogP contribution in [0.3, 0.4) is 0 Å². The molecule has 0 bridgehead atoms. The van der Waals surface area contributed by atoms with Crippen LogP contribution in [-0.2, 0) is 6.42 Å². The van der Waals surface area contributed by atoms with E-state index in [4.69, 9.17) is 9.97 Å². The van der Waals surface area contributed by atoms with Crippen molar-refractivity contribution < 1.29 is 0 Å². The lowest BCUT2D eigenvalue weighted by Gasteiger charge is -2.06. The van der Waals surface area contributed by atoms with E-state index in [0.29, 0.717) is 0 Å². The quantitative estimate of drug-likeness (QED) is 0.627. The fraction of sp³-hybridized carbons (Fsp3) is 0.333. The van der Waals surface area contributed by atoms with Gasteiger partial charge in [0.15, 0.2) is 5.82 Å². The number of aryl methyl sites for hydroxylation is 1. The van der Waals surface area contributed by atoms with Crippen molar-refractivity contribution in [3.05, 3.63) is 26.9 Å². The topological polar surface area (TPSA) is 37.8 Å². The molecular weight excluding hydrogens is 366 g/mol. The average molecular weight is 382 g/mol. The normalized spacial score (nSPS) is 11.2. The second kappa shape index (κ2) is 6.42. The highest BCUT2D eigenvalue weighted by Gasteiger charge is 2.13. The summed E-state index contributed by atoms with van der Waals surface area (Å²) in [5, 5.41) is 6.65. The van der Waals surface area contributed by atoms with Gasteiger partial charge in [-0.3, -0.25) is 0 Å². The fourth-order valence-electron chi connectivity index (χ4n) is 2.06. The van der Waals surface area contributed by atoms with E-state index in [-0.39, 0.29) is 0 Å². The van der Waals surface area contributed by atoms with Crippen molar-refractivity contribution in [3.8, 4) is 10.7 Å². The SMILES string of the molecule is CCCNc1nc(-c2cc(Br)cs2)nc2sc(CC)cc12. The van der Waals surface area contributed by atoms with E-state index >= 15 is 0 Å². The lowest BCUT2D eigenvalue weighted by molar-refractivity contribution is 0.971. The average Bonchev–Trinajstić information content (AvgIpc) is 3.10. The predicted molar refractivity (Wildman–Crippen MR) is 96.6 cm³/mol. The molecular formula is C15H16BrN3S2. The van der Waals surface area contributed by atoms with E-state index in [1.54, 1.807) is 22.7 Å². The molecule has 3 aromatic rings. The Morgan fingerprint density at radius 2 is 2.10 bits per heavy atom. The van der Waals surface area contributed by atoms with Crippen LogP contribution in [0.5, 0.6) is 0 Å². The lowest BCUT2D eigenvalue weighted by atomic mass is 10.3. The van der Waals surface area contributed by atoms with Gasteiger partial charge in [0.05, 0.1) is 10.3 Å². The summed E-state index contributed by atoms with van der Waals surface area (Å²) in [6.45, 7) is 5.26. The third-order valence-corrected chi connectivity index (χ3v) is 5.98. The maximum Gasteiger partial charge on any atom is 0.173 e. The molecule has 0 aliphatic heterocycles. The van der Waals surface area contributed by atoms with Gasteiger partial charge in [-0.25, -0.2) is 9.97 Å². The Kier molecular flexibility index (Phi) is 4.57. The van der Waals surface area contributed by atoms with E-state index in [0.717, 1.165) is 50.6 Å². The Hall–Kier alpha value is -0.980. The molecule has 3 rings (SSSR count). The molecule has 0 radical (unpaired) electrons. The van der Waals surface area contributed by atoms with Gasteiger partial charge in [-0.15, -0.1) is 22.7 Å². The van der Waals surface area contributed by atoms with Crippen LogP contribution in [-0.4, -0.2) is 16.5 Å². The summed E-state index contributed by atoms with van der Waals surface area (Å²) in [6, 6.07) is 4.29. The summed E-state index contributed by atoms with van der Waals surface area (Å²) in [7, 11) is 0. The molecule has 1 N–H and O–H groups in total. The summed E-state index contributed by atoms with van der Waals surface area (Å²) < 4.78 is 1.08. The van der Waals surface area contributed by atoms with E-state index in [1.807, 2.05) is 0 Å². The summed E-state index contributed by atoms with van der Waals surface area (Å²) >= 11 is 6.92. The second-order valence-electron chi connectivity index (χ2n) is 4.74. The summed E-state index contributed by atoms with van der Waals surface area (Å²) in [5.74, 6) is 1.76. The number of nitrogens with one attached hydrogen (secondary N) is 1. The van der Waals surface area contributed by atoms with Crippen molar-refractivity contribution >= 4 is 54.6 Å². The van der Waals surface area contributed by atoms with Crippen LogP contribution in [0.1, 0.15) is 25.1 Å². The lowest BCUT2D eigenvalue weighted by Crippen LogP contribution is -2.03. The van der Waals surface area contributed by atoms with Gasteiger partial charge in [-0.1, -0.05) is 13.8 Å². The maximum absolute atomic E-state index is 4.75. The number of halogens is 1. The molecule has 0 aliphatic rings. The highest BCUT2D eigenvalue weighted by molar-refractivity contribution is 9.10. The number of hydrogen-bond donors (Lipinski definition) is 1. The molecule has 3 aromatic heterocycles. The minimum Gasteiger partial charge on any atom is -0.369 e. The second-order valence-corrected chi connectivity index (χ2v) is 7.68. The highest BCUT2D eigenvalue weighted by Crippen LogP contribution is 2.34. The van der Waals surface area contributed by atoms with Crippen LogP contribution >= 0.6 is 38.6 Å². The van der Waals surface area contributed by atoms with E-state index in [2.05, 4.69) is 52.6 Å². The van der Waals surface area contributed by atoms with Crippen molar-refractivity contribution in [2.45, 2.75) is 26.7 Å². The first-order valence-corrected chi connectivity index (χ1v) is 9.49. The smallest absolute Gasteiger partial charge is 0.173 e. The summed E-state index contributed by atoms with van der Waals surface area (Å²) in [4.78, 5) is 13.0. The van der Waals surface area contributed by atoms with E-state index in [9.17, 15) is 0 Å². The van der Waals surface area contributed by atoms with Crippen LogP contribution in [0.25, 0.3) is 20.9 Å². The molecule has 0 aliphatic carbocycles. The molecule has 0 saturated carbocycles. The van der Waals surface area contributed by atoms with Gasteiger partial charge in [0.2, 0.25) is 0 Å². The van der Waals surface area contributed by atoms with Crippen LogP contribution in [0.2, 0.25) is 0 Å². The van der Waals surface area contributed by atoms with Crippen molar-refractivity contribution in [2.75, 3.05) is 11.9 Å². The molecule has 0 fully saturated rings. The molecule has 6 heteroatoms. The molecule has 0 unspecified atom stereocenters. The molecule has 0 aromatic carbocycles. The van der Waals surface area contributed by atoms with Crippen LogP contribution in [0, 0.1) is 0 Å². The van der Waals surface area contributed by atoms with Crippen LogP contribution in [0.4, 0.5) is 5.82 Å². The predicted octanol–water partition coefficient (Wildman–Crippen LogP) is 5.57. The maximum atomic E-state index is 4.75. The van der Waals surface area contributed by atoms with Gasteiger partial charge in [0.25, 0.3) is 0 Å². The molecule has 0 spiro atoms. The first-order valence-electron chi connectivity index (χ1n) is 7.00. The van der Waals surface area contributed by atoms with Gasteiger partial charge >= 0.3 is 0 Å². The standard InChI is InChI=1S/C15H16BrN3S2/c1-3-5-17-13-11-7-10(4-2)21-15(11)19-14(18-13)12-6-9(16)8-20-12/h6-8H,3-5H2,1-2H3,(H,17,18,19). The van der Waals surface area contributed by atoms with E-state index < -0.39 is 0 Å². The molecule has 21 heavy (non-hydrogen) atoms. The van der Waals surface area contributed by atoms with Crippen molar-refractivity contribution in [1.29, 1.82) is 0 Å². The number of anilines is 1. The Labute approximate surface area is 140 Å². The van der Waals surface area contributed by atoms with Gasteiger partial charge in [0.1, 0.15) is 10.6 Å². The highest BCUT2D eigenvalue weighted by atomic mass is 79.9. The van der Waals surface area contributed by atoms with Crippen LogP contribution < -0.4 is 5.32 Å². The van der Waals surface area contributed by atoms with Crippen molar-refractivity contribution in [3.63, 3.8) is 0 Å². The first-order chi connectivity index (χ1) is 10.2. The van der Waals surface area contributed by atoms with Gasteiger partial charge in [-0.2, -0.15) is 0 Å². The number of nitrogens with zero attached hydrogens (tertiary/aromatic N) is 2. The zero-order valence-electron chi connectivity index (χ0n) is 11.9. The number of thiophene rings is 2. The van der Waals surface area contributed by atoms with Crippen molar-refractivity contribution in [1.82, 2.24) is 9.97 Å². The molecule has 3 heterocycles. The third-order valence-electron chi connectivity index (χ3n) is 3.12. The number of fused-ring (bicyclic) bond motifs is 1. The molecule has 0 amide bonds. The fourth-order valence-corrected chi connectivity index (χ4v) is 4.39. The zero-order valence-corrected chi connectivity index (χ0v) is 15.2. The van der Waals surface area contributed by atoms with Crippen LogP contribution in [0.15, 0.2) is 22.0 Å². The van der Waals surface area contributed by atoms with Crippen molar-refractivity contribution in [2.24, 2.45) is 0 Å². The molecule has 0 atom stereocenters. The Bertz CT molecular complexity index is 763. The summed E-state index contributed by atoms with van der Waals surface area (Å²) in [5.41, 5.74) is 0. The number of rotatable bonds is 5. The van der Waals surface area contributed by atoms with Gasteiger partial charge < -0.3 is 5.32 Å². The Morgan fingerprint density at radius 1 is 1.24 bits per heavy atom. The molecule has 3 nitrogen and oxygen atoms in total. The minimum atomic E-state index is 0.807. The Balaban J connectivity index is 2.13. The molecule has 110 valence electrons. The van der Waals surface area contributed by atoms with Gasteiger partial charge in [-0.05, 0) is 40.9 Å². The Morgan fingerprint density at radius 3 is 2.76 bits per heavy atom. The third kappa shape index (κ3) is 3.12. The largest absolute Gasteiger partial charge is 0.369 e. The summed E-state index contributed by atoms with van der Waals surface area (Å²) in [6.07, 6.45) is 2.12. The zero-order chi connectivity index (χ0) is 14.8. The monoisotopic (exact) mass is 381 g/mol. The first kappa shape index (κ1) is 14.9. The minimum absolute atomic E-state index is 0.807. The van der Waals surface area contributed by atoms with E-state index in [1.165, 1.54) is 4.88 Å². The molecule has 0 saturated heterocycles.